The highest BCUT2D eigenvalue weighted by Crippen LogP contribution is 2.20. The molecule has 1 aromatic heterocycles. The summed E-state index contributed by atoms with van der Waals surface area (Å²) in [5.74, 6) is 1.12. The van der Waals surface area contributed by atoms with Crippen LogP contribution < -0.4 is 10.2 Å². The fraction of sp³-hybridized carbons (Fsp3) is 0.786. The Hall–Kier alpha value is -1.03. The summed E-state index contributed by atoms with van der Waals surface area (Å²) in [5, 5.41) is 8.32. The maximum Gasteiger partial charge on any atom is 0.150 e. The van der Waals surface area contributed by atoms with Crippen molar-refractivity contribution >= 4 is 5.82 Å². The van der Waals surface area contributed by atoms with Crippen molar-refractivity contribution in [2.24, 2.45) is 0 Å². The van der Waals surface area contributed by atoms with Crippen LogP contribution in [0.5, 0.6) is 0 Å². The monoisotopic (exact) mass is 250 g/mol. The van der Waals surface area contributed by atoms with Crippen LogP contribution in [0, 0.1) is 0 Å². The Labute approximate surface area is 110 Å². The summed E-state index contributed by atoms with van der Waals surface area (Å²) in [6, 6.07) is 3.71. The molecule has 4 nitrogen and oxygen atoms in total. The minimum Gasteiger partial charge on any atom is -0.350 e. The predicted molar refractivity (Wildman–Crippen MR) is 76.1 cm³/mol. The van der Waals surface area contributed by atoms with Gasteiger partial charge in [-0.25, -0.2) is 0 Å². The van der Waals surface area contributed by atoms with E-state index in [0.29, 0.717) is 18.1 Å². The second-order valence-corrected chi connectivity index (χ2v) is 5.64. The van der Waals surface area contributed by atoms with E-state index in [1.165, 1.54) is 12.8 Å². The maximum atomic E-state index is 4.69. The number of rotatable bonds is 4. The Morgan fingerprint density at radius 3 is 2.89 bits per heavy atom. The maximum absolute atomic E-state index is 4.69. The van der Waals surface area contributed by atoms with Crippen LogP contribution >= 0.6 is 0 Å². The molecule has 1 aromatic rings. The normalized spacial score (nSPS) is 24.8. The zero-order valence-electron chi connectivity index (χ0n) is 12.1. The van der Waals surface area contributed by atoms with Gasteiger partial charge in [0.2, 0.25) is 0 Å². The van der Waals surface area contributed by atoms with Crippen LogP contribution in [0.15, 0.2) is 12.3 Å². The summed E-state index contributed by atoms with van der Waals surface area (Å²) in [7, 11) is 0. The van der Waals surface area contributed by atoms with Crippen LogP contribution in [-0.4, -0.2) is 35.0 Å². The summed E-state index contributed by atoms with van der Waals surface area (Å²) in [6.45, 7) is 11.0. The average molecular weight is 250 g/mol. The van der Waals surface area contributed by atoms with Gasteiger partial charge in [0.1, 0.15) is 0 Å². The van der Waals surface area contributed by atoms with E-state index in [9.17, 15) is 0 Å². The van der Waals surface area contributed by atoms with Crippen molar-refractivity contribution in [1.82, 2.24) is 15.1 Å². The Balaban J connectivity index is 2.08. The number of nitrogens with one attached hydrogen (secondary N) is 1. The fourth-order valence-corrected chi connectivity index (χ4v) is 2.56. The van der Waals surface area contributed by atoms with Crippen LogP contribution in [0.3, 0.4) is 0 Å². The number of hydrogen-bond donors (Lipinski definition) is 1. The largest absolute Gasteiger partial charge is 0.350 e. The van der Waals surface area contributed by atoms with Gasteiger partial charge in [-0.2, -0.15) is 5.10 Å². The first-order chi connectivity index (χ1) is 8.61. The zero-order chi connectivity index (χ0) is 13.1. The van der Waals surface area contributed by atoms with Gasteiger partial charge in [-0.3, -0.25) is 4.68 Å². The molecular weight excluding hydrogens is 224 g/mol. The molecule has 0 aliphatic carbocycles. The second kappa shape index (κ2) is 5.74. The van der Waals surface area contributed by atoms with Crippen molar-refractivity contribution < 1.29 is 0 Å². The Kier molecular flexibility index (Phi) is 4.27. The lowest BCUT2D eigenvalue weighted by Crippen LogP contribution is -2.55. The van der Waals surface area contributed by atoms with Crippen LogP contribution in [-0.2, 0) is 0 Å². The highest BCUT2D eigenvalue weighted by atomic mass is 15.4. The van der Waals surface area contributed by atoms with Crippen molar-refractivity contribution in [3.8, 4) is 0 Å². The fourth-order valence-electron chi connectivity index (χ4n) is 2.56. The van der Waals surface area contributed by atoms with E-state index in [0.717, 1.165) is 18.9 Å². The molecule has 0 spiro atoms. The average Bonchev–Trinajstić information content (AvgIpc) is 2.81. The van der Waals surface area contributed by atoms with Crippen molar-refractivity contribution in [2.75, 3.05) is 18.0 Å². The first-order valence-corrected chi connectivity index (χ1v) is 7.17. The molecule has 18 heavy (non-hydrogen) atoms. The Morgan fingerprint density at radius 1 is 1.50 bits per heavy atom. The smallest absolute Gasteiger partial charge is 0.150 e. The van der Waals surface area contributed by atoms with Crippen LogP contribution in [0.1, 0.15) is 46.6 Å². The topological polar surface area (TPSA) is 33.1 Å². The molecule has 0 bridgehead atoms. The lowest BCUT2D eigenvalue weighted by atomic mass is 10.1. The lowest BCUT2D eigenvalue weighted by Gasteiger charge is -2.39. The number of piperazine rings is 1. The van der Waals surface area contributed by atoms with E-state index in [2.05, 4.69) is 50.2 Å². The highest BCUT2D eigenvalue weighted by molar-refractivity contribution is 5.39. The number of nitrogens with zero attached hydrogens (tertiary/aromatic N) is 3. The molecule has 2 heterocycles. The summed E-state index contributed by atoms with van der Waals surface area (Å²) >= 11 is 0. The van der Waals surface area contributed by atoms with Gasteiger partial charge in [-0.15, -0.1) is 0 Å². The first kappa shape index (κ1) is 13.4. The molecule has 0 saturated carbocycles. The van der Waals surface area contributed by atoms with Crippen LogP contribution in [0.25, 0.3) is 0 Å². The minimum absolute atomic E-state index is 0.434. The molecule has 102 valence electrons. The van der Waals surface area contributed by atoms with Crippen molar-refractivity contribution in [3.63, 3.8) is 0 Å². The number of anilines is 1. The third kappa shape index (κ3) is 2.86. The predicted octanol–water partition coefficient (Wildman–Crippen LogP) is 2.43. The van der Waals surface area contributed by atoms with Gasteiger partial charge in [-0.1, -0.05) is 13.3 Å². The van der Waals surface area contributed by atoms with Gasteiger partial charge in [0.25, 0.3) is 0 Å². The van der Waals surface area contributed by atoms with Gasteiger partial charge in [0.15, 0.2) is 5.82 Å². The van der Waals surface area contributed by atoms with Gasteiger partial charge in [0.05, 0.1) is 0 Å². The number of hydrogen-bond acceptors (Lipinski definition) is 3. The van der Waals surface area contributed by atoms with Crippen molar-refractivity contribution in [1.29, 1.82) is 0 Å². The molecule has 1 N–H and O–H groups in total. The summed E-state index contributed by atoms with van der Waals surface area (Å²) < 4.78 is 2.04. The molecule has 2 atom stereocenters. The van der Waals surface area contributed by atoms with Gasteiger partial charge < -0.3 is 10.2 Å². The van der Waals surface area contributed by atoms with Crippen molar-refractivity contribution in [2.45, 2.75) is 58.7 Å². The highest BCUT2D eigenvalue weighted by Gasteiger charge is 2.25. The SMILES string of the molecule is CCCC1CN(c2ccn(C(C)C)n2)C(C)CN1. The summed E-state index contributed by atoms with van der Waals surface area (Å²) in [6.07, 6.45) is 4.57. The zero-order valence-corrected chi connectivity index (χ0v) is 12.1. The van der Waals surface area contributed by atoms with Crippen molar-refractivity contribution in [3.05, 3.63) is 12.3 Å². The molecule has 0 amide bonds. The molecule has 2 unspecified atom stereocenters. The van der Waals surface area contributed by atoms with E-state index in [4.69, 9.17) is 5.10 Å². The molecule has 0 radical (unpaired) electrons. The molecule has 4 heteroatoms. The quantitative estimate of drug-likeness (QED) is 0.891. The van der Waals surface area contributed by atoms with E-state index in [-0.39, 0.29) is 0 Å². The van der Waals surface area contributed by atoms with E-state index < -0.39 is 0 Å². The summed E-state index contributed by atoms with van der Waals surface area (Å²) in [4.78, 5) is 2.44. The van der Waals surface area contributed by atoms with Gasteiger partial charge in [0, 0.05) is 43.5 Å². The molecule has 2 rings (SSSR count). The third-order valence-corrected chi connectivity index (χ3v) is 3.71. The second-order valence-electron chi connectivity index (χ2n) is 5.64. The molecule has 0 aromatic carbocycles. The number of aromatic nitrogens is 2. The third-order valence-electron chi connectivity index (χ3n) is 3.71. The van der Waals surface area contributed by atoms with Gasteiger partial charge in [-0.05, 0) is 27.2 Å². The molecule has 1 fully saturated rings. The Bertz CT molecular complexity index is 372. The molecular formula is C14H26N4. The molecule has 1 aliphatic rings. The van der Waals surface area contributed by atoms with E-state index >= 15 is 0 Å². The first-order valence-electron chi connectivity index (χ1n) is 7.17. The van der Waals surface area contributed by atoms with Gasteiger partial charge >= 0.3 is 0 Å². The molecule has 1 aliphatic heterocycles. The summed E-state index contributed by atoms with van der Waals surface area (Å²) in [5.41, 5.74) is 0. The standard InChI is InChI=1S/C14H26N4/c1-5-6-13-10-17(12(4)9-15-13)14-7-8-18(16-14)11(2)3/h7-8,11-13,15H,5-6,9-10H2,1-4H3. The van der Waals surface area contributed by atoms with E-state index in [1.54, 1.807) is 0 Å². The minimum atomic E-state index is 0.434. The van der Waals surface area contributed by atoms with E-state index in [1.807, 2.05) is 4.68 Å². The molecule has 1 saturated heterocycles. The van der Waals surface area contributed by atoms with Crippen LogP contribution in [0.4, 0.5) is 5.82 Å². The van der Waals surface area contributed by atoms with Crippen LogP contribution in [0.2, 0.25) is 0 Å². The Morgan fingerprint density at radius 2 is 2.28 bits per heavy atom. The lowest BCUT2D eigenvalue weighted by molar-refractivity contribution is 0.382.